The molecule has 1 aliphatic heterocycles. The normalized spacial score (nSPS) is 17.2. The maximum Gasteiger partial charge on any atom is 0.251 e. The van der Waals surface area contributed by atoms with Gasteiger partial charge in [-0.25, -0.2) is 0 Å². The smallest absolute Gasteiger partial charge is 0.251 e. The third kappa shape index (κ3) is 5.66. The van der Waals surface area contributed by atoms with Gasteiger partial charge in [0.2, 0.25) is 5.91 Å². The average molecular weight is 326 g/mol. The fraction of sp³-hybridized carbons (Fsp3) is 0.500. The van der Waals surface area contributed by atoms with E-state index >= 15 is 0 Å². The molecule has 1 fully saturated rings. The van der Waals surface area contributed by atoms with Gasteiger partial charge in [0.25, 0.3) is 5.91 Å². The van der Waals surface area contributed by atoms with Crippen molar-refractivity contribution in [1.29, 1.82) is 0 Å². The van der Waals surface area contributed by atoms with E-state index in [1.807, 2.05) is 19.1 Å². The molecule has 1 atom stereocenters. The van der Waals surface area contributed by atoms with Gasteiger partial charge in [-0.15, -0.1) is 12.4 Å². The molecular formula is C16H24ClN3O2. The van der Waals surface area contributed by atoms with Crippen LogP contribution in [0.2, 0.25) is 0 Å². The van der Waals surface area contributed by atoms with Crippen molar-refractivity contribution in [2.24, 2.45) is 0 Å². The Balaban J connectivity index is 0.00000242. The van der Waals surface area contributed by atoms with Crippen LogP contribution in [0.1, 0.15) is 35.2 Å². The topological polar surface area (TPSA) is 70.2 Å². The number of hydrogen-bond donors (Lipinski definition) is 3. The van der Waals surface area contributed by atoms with Crippen LogP contribution in [0.25, 0.3) is 0 Å². The Hall–Kier alpha value is -1.59. The van der Waals surface area contributed by atoms with E-state index in [0.29, 0.717) is 18.7 Å². The summed E-state index contributed by atoms with van der Waals surface area (Å²) in [5.74, 6) is -0.0840. The fourth-order valence-corrected chi connectivity index (χ4v) is 2.37. The van der Waals surface area contributed by atoms with Crippen LogP contribution < -0.4 is 16.0 Å². The molecule has 1 heterocycles. The van der Waals surface area contributed by atoms with Crippen LogP contribution in [0.5, 0.6) is 0 Å². The van der Waals surface area contributed by atoms with E-state index in [2.05, 4.69) is 16.0 Å². The van der Waals surface area contributed by atoms with E-state index in [4.69, 9.17) is 0 Å². The number of carbonyl (C=O) groups is 2. The van der Waals surface area contributed by atoms with E-state index < -0.39 is 0 Å². The first kappa shape index (κ1) is 18.5. The van der Waals surface area contributed by atoms with Crippen LogP contribution in [-0.2, 0) is 4.79 Å². The molecule has 1 aliphatic rings. The molecule has 0 aliphatic carbocycles. The molecule has 1 aromatic rings. The lowest BCUT2D eigenvalue weighted by atomic mass is 10.0. The fourth-order valence-electron chi connectivity index (χ4n) is 2.37. The minimum absolute atomic E-state index is 0. The molecule has 0 radical (unpaired) electrons. The van der Waals surface area contributed by atoms with Gasteiger partial charge in [0.15, 0.2) is 0 Å². The molecule has 1 unspecified atom stereocenters. The van der Waals surface area contributed by atoms with Crippen molar-refractivity contribution in [3.63, 3.8) is 0 Å². The maximum absolute atomic E-state index is 11.9. The number of aryl methyl sites for hydroxylation is 1. The molecule has 3 N–H and O–H groups in total. The molecule has 1 aromatic carbocycles. The van der Waals surface area contributed by atoms with Crippen molar-refractivity contribution < 1.29 is 9.59 Å². The lowest BCUT2D eigenvalue weighted by Crippen LogP contribution is -2.48. The summed E-state index contributed by atoms with van der Waals surface area (Å²) < 4.78 is 0. The summed E-state index contributed by atoms with van der Waals surface area (Å²) in [6.45, 7) is 3.78. The van der Waals surface area contributed by atoms with E-state index in [1.165, 1.54) is 0 Å². The summed E-state index contributed by atoms with van der Waals surface area (Å²) in [4.78, 5) is 23.7. The van der Waals surface area contributed by atoms with Gasteiger partial charge in [-0.2, -0.15) is 0 Å². The number of carbonyl (C=O) groups excluding carboxylic acids is 2. The molecule has 1 saturated heterocycles. The highest BCUT2D eigenvalue weighted by Gasteiger charge is 2.19. The highest BCUT2D eigenvalue weighted by Crippen LogP contribution is 2.06. The lowest BCUT2D eigenvalue weighted by Gasteiger charge is -2.22. The van der Waals surface area contributed by atoms with Crippen molar-refractivity contribution in [3.8, 4) is 0 Å². The highest BCUT2D eigenvalue weighted by atomic mass is 35.5. The highest BCUT2D eigenvalue weighted by molar-refractivity contribution is 5.94. The zero-order valence-corrected chi connectivity index (χ0v) is 13.7. The first-order valence-electron chi connectivity index (χ1n) is 7.53. The third-order valence-corrected chi connectivity index (χ3v) is 3.65. The van der Waals surface area contributed by atoms with Crippen LogP contribution in [0.15, 0.2) is 24.3 Å². The molecule has 5 nitrogen and oxygen atoms in total. The molecule has 122 valence electrons. The predicted molar refractivity (Wildman–Crippen MR) is 89.4 cm³/mol. The molecule has 0 bridgehead atoms. The van der Waals surface area contributed by atoms with Gasteiger partial charge >= 0.3 is 0 Å². The Kier molecular flexibility index (Phi) is 7.91. The summed E-state index contributed by atoms with van der Waals surface area (Å²) in [5, 5.41) is 8.86. The quantitative estimate of drug-likeness (QED) is 0.717. The van der Waals surface area contributed by atoms with Crippen molar-refractivity contribution in [1.82, 2.24) is 16.0 Å². The number of nitrogens with one attached hydrogen (secondary N) is 3. The van der Waals surface area contributed by atoms with Gasteiger partial charge < -0.3 is 16.0 Å². The molecule has 2 rings (SSSR count). The van der Waals surface area contributed by atoms with Gasteiger partial charge in [0.05, 0.1) is 6.04 Å². The standard InChI is InChI=1S/C16H23N3O2.ClH/c1-12-5-7-13(8-6-12)15(20)18-10-11-19-16(21)14-4-2-3-9-17-14;/h5-8,14,17H,2-4,9-11H2,1H3,(H,18,20)(H,19,21);1H. The van der Waals surface area contributed by atoms with E-state index in [9.17, 15) is 9.59 Å². The number of hydrogen-bond acceptors (Lipinski definition) is 3. The maximum atomic E-state index is 11.9. The van der Waals surface area contributed by atoms with Crippen molar-refractivity contribution >= 4 is 24.2 Å². The summed E-state index contributed by atoms with van der Waals surface area (Å²) in [6, 6.07) is 7.34. The molecule has 0 spiro atoms. The minimum atomic E-state index is -0.111. The van der Waals surface area contributed by atoms with Gasteiger partial charge in [-0.1, -0.05) is 24.1 Å². The van der Waals surface area contributed by atoms with E-state index in [0.717, 1.165) is 31.4 Å². The predicted octanol–water partition coefficient (Wildman–Crippen LogP) is 1.40. The van der Waals surface area contributed by atoms with Gasteiger partial charge in [-0.3, -0.25) is 9.59 Å². The minimum Gasteiger partial charge on any atom is -0.353 e. The molecular weight excluding hydrogens is 302 g/mol. The summed E-state index contributed by atoms with van der Waals surface area (Å²) in [7, 11) is 0. The van der Waals surface area contributed by atoms with Crippen molar-refractivity contribution in [2.75, 3.05) is 19.6 Å². The molecule has 22 heavy (non-hydrogen) atoms. The van der Waals surface area contributed by atoms with Gasteiger partial charge in [0.1, 0.15) is 0 Å². The first-order valence-corrected chi connectivity index (χ1v) is 7.53. The number of benzene rings is 1. The summed E-state index contributed by atoms with van der Waals surface area (Å²) in [6.07, 6.45) is 3.12. The third-order valence-electron chi connectivity index (χ3n) is 3.65. The SMILES string of the molecule is Cc1ccc(C(=O)NCCNC(=O)C2CCCCN2)cc1.Cl. The van der Waals surface area contributed by atoms with Gasteiger partial charge in [-0.05, 0) is 38.4 Å². The second kappa shape index (κ2) is 9.43. The Morgan fingerprint density at radius 2 is 1.82 bits per heavy atom. The largest absolute Gasteiger partial charge is 0.353 e. The average Bonchev–Trinajstić information content (AvgIpc) is 2.52. The Labute approximate surface area is 137 Å². The summed E-state index contributed by atoms with van der Waals surface area (Å²) >= 11 is 0. The van der Waals surface area contributed by atoms with Gasteiger partial charge in [0, 0.05) is 18.7 Å². The van der Waals surface area contributed by atoms with Crippen LogP contribution in [0.3, 0.4) is 0 Å². The molecule has 2 amide bonds. The van der Waals surface area contributed by atoms with Crippen LogP contribution in [0, 0.1) is 6.92 Å². The Morgan fingerprint density at radius 3 is 2.45 bits per heavy atom. The van der Waals surface area contributed by atoms with Crippen LogP contribution in [-0.4, -0.2) is 37.5 Å². The zero-order valence-electron chi connectivity index (χ0n) is 12.9. The molecule has 0 aromatic heterocycles. The van der Waals surface area contributed by atoms with E-state index in [1.54, 1.807) is 12.1 Å². The number of rotatable bonds is 5. The Morgan fingerprint density at radius 1 is 1.14 bits per heavy atom. The first-order chi connectivity index (χ1) is 10.2. The molecule has 0 saturated carbocycles. The number of halogens is 1. The monoisotopic (exact) mass is 325 g/mol. The second-order valence-electron chi connectivity index (χ2n) is 5.42. The number of piperidine rings is 1. The second-order valence-corrected chi connectivity index (χ2v) is 5.42. The van der Waals surface area contributed by atoms with Crippen LogP contribution >= 0.6 is 12.4 Å². The van der Waals surface area contributed by atoms with E-state index in [-0.39, 0.29) is 30.3 Å². The summed E-state index contributed by atoms with van der Waals surface area (Å²) in [5.41, 5.74) is 1.76. The number of amides is 2. The molecule has 6 heteroatoms. The Bertz CT molecular complexity index is 485. The van der Waals surface area contributed by atoms with Crippen molar-refractivity contribution in [3.05, 3.63) is 35.4 Å². The van der Waals surface area contributed by atoms with Crippen molar-refractivity contribution in [2.45, 2.75) is 32.2 Å². The zero-order chi connectivity index (χ0) is 15.1. The van der Waals surface area contributed by atoms with Crippen LogP contribution in [0.4, 0.5) is 0 Å². The lowest BCUT2D eigenvalue weighted by molar-refractivity contribution is -0.123.